The Balaban J connectivity index is 1.45. The van der Waals surface area contributed by atoms with Crippen LogP contribution in [-0.2, 0) is 17.0 Å². The van der Waals surface area contributed by atoms with Crippen molar-refractivity contribution < 1.29 is 4.79 Å². The Labute approximate surface area is 166 Å². The molecule has 26 heavy (non-hydrogen) atoms. The van der Waals surface area contributed by atoms with E-state index in [1.54, 1.807) is 23.1 Å². The smallest absolute Gasteiger partial charge is 0.233 e. The van der Waals surface area contributed by atoms with Gasteiger partial charge in [-0.25, -0.2) is 0 Å². The van der Waals surface area contributed by atoms with E-state index in [1.165, 1.54) is 26.4 Å². The van der Waals surface area contributed by atoms with Gasteiger partial charge in [-0.05, 0) is 47.4 Å². The first-order valence-electron chi connectivity index (χ1n) is 8.75. The van der Waals surface area contributed by atoms with Crippen LogP contribution in [0.5, 0.6) is 0 Å². The molecule has 0 bridgehead atoms. The molecular formula is C21H21NOS3. The molecule has 0 saturated carbocycles. The van der Waals surface area contributed by atoms with Crippen molar-refractivity contribution in [2.24, 2.45) is 0 Å². The molecule has 3 heterocycles. The fraction of sp³-hybridized carbons (Fsp3) is 0.286. The average Bonchev–Trinajstić information content (AvgIpc) is 3.34. The summed E-state index contributed by atoms with van der Waals surface area (Å²) in [4.78, 5) is 17.8. The first-order chi connectivity index (χ1) is 12.7. The third kappa shape index (κ3) is 3.75. The van der Waals surface area contributed by atoms with E-state index in [0.717, 1.165) is 18.7 Å². The van der Waals surface area contributed by atoms with Crippen LogP contribution >= 0.6 is 34.4 Å². The van der Waals surface area contributed by atoms with E-state index in [-0.39, 0.29) is 11.9 Å². The van der Waals surface area contributed by atoms with Gasteiger partial charge in [-0.3, -0.25) is 4.79 Å². The molecule has 5 heteroatoms. The van der Waals surface area contributed by atoms with Gasteiger partial charge in [0.15, 0.2) is 0 Å². The van der Waals surface area contributed by atoms with Gasteiger partial charge >= 0.3 is 0 Å². The molecule has 134 valence electrons. The quantitative estimate of drug-likeness (QED) is 0.562. The van der Waals surface area contributed by atoms with Crippen molar-refractivity contribution in [3.63, 3.8) is 0 Å². The third-order valence-electron chi connectivity index (χ3n) is 4.71. The first kappa shape index (κ1) is 17.8. The molecule has 0 fully saturated rings. The minimum atomic E-state index is 0.0949. The van der Waals surface area contributed by atoms with Crippen LogP contribution in [0.2, 0.25) is 0 Å². The predicted molar refractivity (Wildman–Crippen MR) is 113 cm³/mol. The lowest BCUT2D eigenvalue weighted by Crippen LogP contribution is -2.40. The fourth-order valence-corrected chi connectivity index (χ4v) is 5.99. The van der Waals surface area contributed by atoms with Crippen LogP contribution < -0.4 is 0 Å². The zero-order valence-corrected chi connectivity index (χ0v) is 17.1. The molecule has 0 saturated heterocycles. The standard InChI is InChI=1S/C21H21NOS3/c1-15-4-6-16(7-5-15)13-24-14-20(23)22-10-8-18-17(9-12-26-18)21(22)19-3-2-11-25-19/h2-7,9,11-12,21H,8,10,13-14H2,1H3/t21-/m1/s1. The number of carbonyl (C=O) groups is 1. The summed E-state index contributed by atoms with van der Waals surface area (Å²) in [6.45, 7) is 2.92. The monoisotopic (exact) mass is 399 g/mol. The molecule has 0 unspecified atom stereocenters. The van der Waals surface area contributed by atoms with Crippen molar-refractivity contribution in [1.29, 1.82) is 0 Å². The van der Waals surface area contributed by atoms with Gasteiger partial charge in [0.2, 0.25) is 5.91 Å². The largest absolute Gasteiger partial charge is 0.330 e. The van der Waals surface area contributed by atoms with Gasteiger partial charge in [0.1, 0.15) is 0 Å². The van der Waals surface area contributed by atoms with Gasteiger partial charge in [-0.15, -0.1) is 34.4 Å². The van der Waals surface area contributed by atoms with Gasteiger partial charge in [0, 0.05) is 22.1 Å². The normalized spacial score (nSPS) is 16.5. The highest BCUT2D eigenvalue weighted by Gasteiger charge is 2.33. The number of aryl methyl sites for hydroxylation is 1. The van der Waals surface area contributed by atoms with Crippen molar-refractivity contribution in [2.45, 2.75) is 25.1 Å². The van der Waals surface area contributed by atoms with Crippen LogP contribution in [0.3, 0.4) is 0 Å². The summed E-state index contributed by atoms with van der Waals surface area (Å²) >= 11 is 5.27. The van der Waals surface area contributed by atoms with Crippen LogP contribution in [-0.4, -0.2) is 23.1 Å². The van der Waals surface area contributed by atoms with Gasteiger partial charge in [0.05, 0.1) is 11.8 Å². The number of fused-ring (bicyclic) bond motifs is 1. The zero-order chi connectivity index (χ0) is 17.9. The Morgan fingerprint density at radius 3 is 2.77 bits per heavy atom. The molecule has 0 N–H and O–H groups in total. The number of hydrogen-bond acceptors (Lipinski definition) is 4. The summed E-state index contributed by atoms with van der Waals surface area (Å²) in [5.74, 6) is 1.67. The van der Waals surface area contributed by atoms with Crippen molar-refractivity contribution in [1.82, 2.24) is 4.90 Å². The molecule has 2 nitrogen and oxygen atoms in total. The van der Waals surface area contributed by atoms with Crippen LogP contribution in [0.4, 0.5) is 0 Å². The van der Waals surface area contributed by atoms with Crippen molar-refractivity contribution in [3.05, 3.63) is 79.7 Å². The van der Waals surface area contributed by atoms with Crippen LogP contribution in [0.15, 0.2) is 53.2 Å². The van der Waals surface area contributed by atoms with Crippen LogP contribution in [0.1, 0.15) is 32.5 Å². The molecule has 1 aliphatic rings. The third-order valence-corrected chi connectivity index (χ3v) is 7.62. The Kier molecular flexibility index (Phi) is 5.48. The Morgan fingerprint density at radius 1 is 1.15 bits per heavy atom. The topological polar surface area (TPSA) is 20.3 Å². The van der Waals surface area contributed by atoms with E-state index in [4.69, 9.17) is 0 Å². The molecule has 1 aromatic carbocycles. The molecule has 0 spiro atoms. The van der Waals surface area contributed by atoms with Crippen molar-refractivity contribution in [3.8, 4) is 0 Å². The molecule has 4 rings (SSSR count). The summed E-state index contributed by atoms with van der Waals surface area (Å²) in [6, 6.07) is 15.1. The number of amides is 1. The second-order valence-electron chi connectivity index (χ2n) is 6.53. The number of carbonyl (C=O) groups excluding carboxylic acids is 1. The minimum absolute atomic E-state index is 0.0949. The van der Waals surface area contributed by atoms with E-state index in [1.807, 2.05) is 11.3 Å². The lowest BCUT2D eigenvalue weighted by molar-refractivity contribution is -0.130. The molecule has 1 aliphatic heterocycles. The van der Waals surface area contributed by atoms with E-state index < -0.39 is 0 Å². The van der Waals surface area contributed by atoms with Gasteiger partial charge < -0.3 is 4.90 Å². The van der Waals surface area contributed by atoms with Crippen LogP contribution in [0.25, 0.3) is 0 Å². The lowest BCUT2D eigenvalue weighted by Gasteiger charge is -2.35. The molecule has 1 atom stereocenters. The van der Waals surface area contributed by atoms with Gasteiger partial charge in [-0.2, -0.15) is 0 Å². The number of hydrogen-bond donors (Lipinski definition) is 0. The number of thioether (sulfide) groups is 1. The molecule has 2 aromatic heterocycles. The molecular weight excluding hydrogens is 378 g/mol. The Hall–Kier alpha value is -1.56. The highest BCUT2D eigenvalue weighted by atomic mass is 32.2. The van der Waals surface area contributed by atoms with Crippen molar-refractivity contribution >= 4 is 40.3 Å². The zero-order valence-electron chi connectivity index (χ0n) is 14.7. The van der Waals surface area contributed by atoms with E-state index in [9.17, 15) is 4.79 Å². The molecule has 0 radical (unpaired) electrons. The lowest BCUT2D eigenvalue weighted by atomic mass is 9.98. The summed E-state index contributed by atoms with van der Waals surface area (Å²) in [6.07, 6.45) is 0.975. The maximum atomic E-state index is 13.0. The molecule has 1 amide bonds. The first-order valence-corrected chi connectivity index (χ1v) is 11.7. The highest BCUT2D eigenvalue weighted by molar-refractivity contribution is 7.99. The maximum Gasteiger partial charge on any atom is 0.233 e. The maximum absolute atomic E-state index is 13.0. The molecule has 3 aromatic rings. The van der Waals surface area contributed by atoms with Crippen molar-refractivity contribution in [2.75, 3.05) is 12.3 Å². The van der Waals surface area contributed by atoms with Crippen LogP contribution in [0, 0.1) is 6.92 Å². The van der Waals surface area contributed by atoms with E-state index in [0.29, 0.717) is 5.75 Å². The SMILES string of the molecule is Cc1ccc(CSCC(=O)N2CCc3sccc3[C@@H]2c2cccs2)cc1. The summed E-state index contributed by atoms with van der Waals surface area (Å²) < 4.78 is 0. The van der Waals surface area contributed by atoms with Gasteiger partial charge in [-0.1, -0.05) is 35.9 Å². The number of thiophene rings is 2. The fourth-order valence-electron chi connectivity index (χ4n) is 3.36. The second kappa shape index (κ2) is 7.99. The highest BCUT2D eigenvalue weighted by Crippen LogP contribution is 2.39. The summed E-state index contributed by atoms with van der Waals surface area (Å²) in [7, 11) is 0. The number of rotatable bonds is 5. The second-order valence-corrected chi connectivity index (χ2v) is 9.50. The number of benzene rings is 1. The van der Waals surface area contributed by atoms with E-state index in [2.05, 4.69) is 65.0 Å². The minimum Gasteiger partial charge on any atom is -0.330 e. The Bertz CT molecular complexity index is 867. The summed E-state index contributed by atoms with van der Waals surface area (Å²) in [5.41, 5.74) is 3.87. The average molecular weight is 400 g/mol. The predicted octanol–water partition coefficient (Wildman–Crippen LogP) is 5.53. The van der Waals surface area contributed by atoms with Gasteiger partial charge in [0.25, 0.3) is 0 Å². The summed E-state index contributed by atoms with van der Waals surface area (Å²) in [5, 5.41) is 4.26. The molecule has 0 aliphatic carbocycles. The Morgan fingerprint density at radius 2 is 2.00 bits per heavy atom. The van der Waals surface area contributed by atoms with E-state index >= 15 is 0 Å². The number of nitrogens with zero attached hydrogens (tertiary/aromatic N) is 1.